The molecule has 1 aliphatic carbocycles. The SMILES string of the molecule is CCC(CC1CCCCC1)C(=O)NCCC(C)O. The topological polar surface area (TPSA) is 49.3 Å². The Balaban J connectivity index is 2.27. The second-order valence-corrected chi connectivity index (χ2v) is 5.77. The van der Waals surface area contributed by atoms with Crippen molar-refractivity contribution in [1.29, 1.82) is 0 Å². The van der Waals surface area contributed by atoms with Gasteiger partial charge in [0.15, 0.2) is 0 Å². The van der Waals surface area contributed by atoms with Gasteiger partial charge in [-0.3, -0.25) is 4.79 Å². The summed E-state index contributed by atoms with van der Waals surface area (Å²) in [6, 6.07) is 0. The van der Waals surface area contributed by atoms with E-state index in [-0.39, 0.29) is 17.9 Å². The quantitative estimate of drug-likeness (QED) is 0.735. The number of carbonyl (C=O) groups is 1. The monoisotopic (exact) mass is 255 g/mol. The summed E-state index contributed by atoms with van der Waals surface area (Å²) in [7, 11) is 0. The number of nitrogens with one attached hydrogen (secondary N) is 1. The second kappa shape index (κ2) is 8.52. The van der Waals surface area contributed by atoms with E-state index in [1.165, 1.54) is 32.1 Å². The lowest BCUT2D eigenvalue weighted by molar-refractivity contribution is -0.125. The largest absolute Gasteiger partial charge is 0.393 e. The van der Waals surface area contributed by atoms with E-state index in [2.05, 4.69) is 12.2 Å². The summed E-state index contributed by atoms with van der Waals surface area (Å²) >= 11 is 0. The van der Waals surface area contributed by atoms with Crippen LogP contribution in [0, 0.1) is 11.8 Å². The van der Waals surface area contributed by atoms with Gasteiger partial charge in [-0.25, -0.2) is 0 Å². The molecule has 18 heavy (non-hydrogen) atoms. The minimum absolute atomic E-state index is 0.169. The molecule has 1 aliphatic rings. The van der Waals surface area contributed by atoms with E-state index in [1.807, 2.05) is 0 Å². The Morgan fingerprint density at radius 3 is 2.56 bits per heavy atom. The molecule has 0 aromatic rings. The van der Waals surface area contributed by atoms with Gasteiger partial charge in [0.2, 0.25) is 5.91 Å². The first-order valence-electron chi connectivity index (χ1n) is 7.59. The molecule has 1 amide bonds. The van der Waals surface area contributed by atoms with Gasteiger partial charge < -0.3 is 10.4 Å². The first kappa shape index (κ1) is 15.5. The van der Waals surface area contributed by atoms with Gasteiger partial charge in [0.05, 0.1) is 6.10 Å². The molecule has 2 atom stereocenters. The van der Waals surface area contributed by atoms with Crippen molar-refractivity contribution in [2.45, 2.75) is 71.3 Å². The lowest BCUT2D eigenvalue weighted by Gasteiger charge is -2.25. The highest BCUT2D eigenvalue weighted by Crippen LogP contribution is 2.30. The maximum absolute atomic E-state index is 12.0. The first-order chi connectivity index (χ1) is 8.63. The van der Waals surface area contributed by atoms with Crippen molar-refractivity contribution in [2.75, 3.05) is 6.54 Å². The Bertz CT molecular complexity index is 235. The average Bonchev–Trinajstić information content (AvgIpc) is 2.36. The van der Waals surface area contributed by atoms with E-state index in [4.69, 9.17) is 0 Å². The Kier molecular flexibility index (Phi) is 7.33. The van der Waals surface area contributed by atoms with E-state index in [0.717, 1.165) is 18.8 Å². The lowest BCUT2D eigenvalue weighted by atomic mass is 9.82. The Labute approximate surface area is 111 Å². The van der Waals surface area contributed by atoms with Gasteiger partial charge >= 0.3 is 0 Å². The van der Waals surface area contributed by atoms with Gasteiger partial charge in [0, 0.05) is 12.5 Å². The van der Waals surface area contributed by atoms with Crippen LogP contribution in [-0.4, -0.2) is 23.7 Å². The minimum Gasteiger partial charge on any atom is -0.393 e. The first-order valence-corrected chi connectivity index (χ1v) is 7.59. The van der Waals surface area contributed by atoms with Crippen LogP contribution in [-0.2, 0) is 4.79 Å². The maximum atomic E-state index is 12.0. The smallest absolute Gasteiger partial charge is 0.223 e. The summed E-state index contributed by atoms with van der Waals surface area (Å²) in [4.78, 5) is 12.0. The minimum atomic E-state index is -0.330. The molecule has 1 rings (SSSR count). The van der Waals surface area contributed by atoms with E-state index >= 15 is 0 Å². The van der Waals surface area contributed by atoms with Crippen LogP contribution in [0.15, 0.2) is 0 Å². The van der Waals surface area contributed by atoms with Gasteiger partial charge in [0.1, 0.15) is 0 Å². The normalized spacial score (nSPS) is 20.4. The number of carbonyl (C=O) groups excluding carboxylic acids is 1. The number of aliphatic hydroxyl groups excluding tert-OH is 1. The molecule has 0 saturated heterocycles. The van der Waals surface area contributed by atoms with Gasteiger partial charge in [-0.2, -0.15) is 0 Å². The number of rotatable bonds is 7. The molecular formula is C15H29NO2. The number of hydrogen-bond acceptors (Lipinski definition) is 2. The fourth-order valence-corrected chi connectivity index (χ4v) is 2.83. The third-order valence-electron chi connectivity index (χ3n) is 4.07. The molecule has 0 spiro atoms. The summed E-state index contributed by atoms with van der Waals surface area (Å²) in [6.45, 7) is 4.45. The van der Waals surface area contributed by atoms with Crippen LogP contribution in [0.25, 0.3) is 0 Å². The maximum Gasteiger partial charge on any atom is 0.223 e. The van der Waals surface area contributed by atoms with Crippen molar-refractivity contribution >= 4 is 5.91 Å². The van der Waals surface area contributed by atoms with Crippen LogP contribution in [0.4, 0.5) is 0 Å². The molecule has 0 aromatic heterocycles. The highest BCUT2D eigenvalue weighted by Gasteiger charge is 2.22. The molecule has 2 N–H and O–H groups in total. The highest BCUT2D eigenvalue weighted by molar-refractivity contribution is 5.78. The predicted molar refractivity (Wildman–Crippen MR) is 74.3 cm³/mol. The standard InChI is InChI=1S/C15H29NO2/c1-3-14(11-13-7-5-4-6-8-13)15(18)16-10-9-12(2)17/h12-14,17H,3-11H2,1-2H3,(H,16,18). The van der Waals surface area contributed by atoms with Crippen LogP contribution in [0.2, 0.25) is 0 Å². The molecule has 0 aromatic carbocycles. The summed E-state index contributed by atoms with van der Waals surface area (Å²) in [5.41, 5.74) is 0. The van der Waals surface area contributed by atoms with Crippen molar-refractivity contribution < 1.29 is 9.90 Å². The van der Waals surface area contributed by atoms with Gasteiger partial charge in [-0.1, -0.05) is 39.0 Å². The Morgan fingerprint density at radius 2 is 2.00 bits per heavy atom. The molecular weight excluding hydrogens is 226 g/mol. The van der Waals surface area contributed by atoms with Gasteiger partial charge in [-0.15, -0.1) is 0 Å². The molecule has 1 fully saturated rings. The molecule has 1 saturated carbocycles. The van der Waals surface area contributed by atoms with Crippen LogP contribution in [0.5, 0.6) is 0 Å². The van der Waals surface area contributed by atoms with E-state index < -0.39 is 0 Å². The number of aliphatic hydroxyl groups is 1. The van der Waals surface area contributed by atoms with Crippen molar-refractivity contribution in [3.63, 3.8) is 0 Å². The molecule has 3 nitrogen and oxygen atoms in total. The molecule has 0 heterocycles. The highest BCUT2D eigenvalue weighted by atomic mass is 16.3. The van der Waals surface area contributed by atoms with Crippen molar-refractivity contribution in [3.05, 3.63) is 0 Å². The van der Waals surface area contributed by atoms with Crippen molar-refractivity contribution in [1.82, 2.24) is 5.32 Å². The summed E-state index contributed by atoms with van der Waals surface area (Å²) in [6.07, 6.45) is 8.95. The zero-order chi connectivity index (χ0) is 13.4. The van der Waals surface area contributed by atoms with Gasteiger partial charge in [-0.05, 0) is 32.1 Å². The third kappa shape index (κ3) is 5.85. The van der Waals surface area contributed by atoms with Crippen LogP contribution in [0.1, 0.15) is 65.2 Å². The van der Waals surface area contributed by atoms with Crippen LogP contribution in [0.3, 0.4) is 0 Å². The second-order valence-electron chi connectivity index (χ2n) is 5.77. The molecule has 0 aliphatic heterocycles. The Hall–Kier alpha value is -0.570. The summed E-state index contributed by atoms with van der Waals surface area (Å²) in [5, 5.41) is 12.1. The van der Waals surface area contributed by atoms with Crippen LogP contribution < -0.4 is 5.32 Å². The van der Waals surface area contributed by atoms with Crippen molar-refractivity contribution in [3.8, 4) is 0 Å². The fourth-order valence-electron chi connectivity index (χ4n) is 2.83. The number of hydrogen-bond donors (Lipinski definition) is 2. The zero-order valence-electron chi connectivity index (χ0n) is 12.0. The predicted octanol–water partition coefficient (Wildman–Crippen LogP) is 2.87. The molecule has 0 bridgehead atoms. The lowest BCUT2D eigenvalue weighted by Crippen LogP contribution is -2.33. The summed E-state index contributed by atoms with van der Waals surface area (Å²) in [5.74, 6) is 1.11. The third-order valence-corrected chi connectivity index (χ3v) is 4.07. The molecule has 3 heteroatoms. The number of amides is 1. The van der Waals surface area contributed by atoms with E-state index in [9.17, 15) is 9.90 Å². The molecule has 106 valence electrons. The van der Waals surface area contributed by atoms with Crippen molar-refractivity contribution in [2.24, 2.45) is 11.8 Å². The van der Waals surface area contributed by atoms with E-state index in [1.54, 1.807) is 6.92 Å². The zero-order valence-corrected chi connectivity index (χ0v) is 12.0. The molecule has 2 unspecified atom stereocenters. The summed E-state index contributed by atoms with van der Waals surface area (Å²) < 4.78 is 0. The average molecular weight is 255 g/mol. The molecule has 0 radical (unpaired) electrons. The van der Waals surface area contributed by atoms with E-state index in [0.29, 0.717) is 13.0 Å². The fraction of sp³-hybridized carbons (Fsp3) is 0.933. The van der Waals surface area contributed by atoms with Gasteiger partial charge in [0.25, 0.3) is 0 Å². The van der Waals surface area contributed by atoms with Crippen LogP contribution >= 0.6 is 0 Å². The Morgan fingerprint density at radius 1 is 1.33 bits per heavy atom.